The van der Waals surface area contributed by atoms with Crippen molar-refractivity contribution in [1.82, 2.24) is 10.6 Å². The summed E-state index contributed by atoms with van der Waals surface area (Å²) in [6.45, 7) is 1.17. The van der Waals surface area contributed by atoms with Gasteiger partial charge in [-0.15, -0.1) is 0 Å². The summed E-state index contributed by atoms with van der Waals surface area (Å²) in [5.41, 5.74) is 1.25. The number of thiophene rings is 1. The number of β-amino-alcohol motifs (C(OH)–C–C–N with tert-alkyl or cyclic N) is 1. The second-order valence-electron chi connectivity index (χ2n) is 4.02. The van der Waals surface area contributed by atoms with Gasteiger partial charge in [0, 0.05) is 13.1 Å². The van der Waals surface area contributed by atoms with E-state index in [9.17, 15) is 9.90 Å². The van der Waals surface area contributed by atoms with E-state index in [1.165, 1.54) is 5.56 Å². The van der Waals surface area contributed by atoms with Crippen LogP contribution >= 0.6 is 11.3 Å². The molecule has 16 heavy (non-hydrogen) atoms. The monoisotopic (exact) mass is 240 g/mol. The van der Waals surface area contributed by atoms with Gasteiger partial charge in [0.05, 0.1) is 12.1 Å². The zero-order valence-corrected chi connectivity index (χ0v) is 9.80. The second kappa shape index (κ2) is 5.43. The van der Waals surface area contributed by atoms with Crippen molar-refractivity contribution in [3.63, 3.8) is 0 Å². The Hall–Kier alpha value is -0.910. The fourth-order valence-electron chi connectivity index (χ4n) is 1.80. The largest absolute Gasteiger partial charge is 0.392 e. The summed E-state index contributed by atoms with van der Waals surface area (Å²) in [6.07, 6.45) is 1.00. The van der Waals surface area contributed by atoms with E-state index in [4.69, 9.17) is 0 Å². The van der Waals surface area contributed by atoms with Crippen molar-refractivity contribution < 1.29 is 9.90 Å². The Balaban J connectivity index is 1.68. The molecule has 0 spiro atoms. The lowest BCUT2D eigenvalue weighted by atomic mass is 10.2. The zero-order valence-electron chi connectivity index (χ0n) is 8.98. The van der Waals surface area contributed by atoms with Crippen LogP contribution in [0.1, 0.15) is 12.0 Å². The third-order valence-electron chi connectivity index (χ3n) is 2.72. The molecule has 0 bridgehead atoms. The van der Waals surface area contributed by atoms with Crippen LogP contribution in [0.2, 0.25) is 0 Å². The highest BCUT2D eigenvalue weighted by atomic mass is 32.1. The standard InChI is InChI=1S/C11H16N2O2S/c14-9-5-10(13-6-9)11(15)12-3-1-8-2-4-16-7-8/h2,4,7,9-10,13-14H,1,3,5-6H2,(H,12,15). The topological polar surface area (TPSA) is 61.4 Å². The number of hydrogen-bond donors (Lipinski definition) is 3. The van der Waals surface area contributed by atoms with Gasteiger partial charge < -0.3 is 15.7 Å². The van der Waals surface area contributed by atoms with Crippen LogP contribution in [0.15, 0.2) is 16.8 Å². The van der Waals surface area contributed by atoms with E-state index in [1.807, 2.05) is 5.38 Å². The Morgan fingerprint density at radius 2 is 2.56 bits per heavy atom. The predicted molar refractivity (Wildman–Crippen MR) is 63.4 cm³/mol. The van der Waals surface area contributed by atoms with Crippen LogP contribution in [0.4, 0.5) is 0 Å². The average molecular weight is 240 g/mol. The van der Waals surface area contributed by atoms with Crippen molar-refractivity contribution in [2.24, 2.45) is 0 Å². The molecule has 4 nitrogen and oxygen atoms in total. The molecule has 1 fully saturated rings. The van der Waals surface area contributed by atoms with E-state index < -0.39 is 0 Å². The number of aliphatic hydroxyl groups is 1. The normalized spacial score (nSPS) is 24.6. The third kappa shape index (κ3) is 3.04. The van der Waals surface area contributed by atoms with E-state index in [2.05, 4.69) is 22.1 Å². The molecule has 1 amide bonds. The van der Waals surface area contributed by atoms with E-state index in [0.717, 1.165) is 6.42 Å². The SMILES string of the molecule is O=C(NCCc1ccsc1)C1CC(O)CN1. The molecule has 0 aliphatic carbocycles. The van der Waals surface area contributed by atoms with Crippen molar-refractivity contribution in [2.75, 3.05) is 13.1 Å². The van der Waals surface area contributed by atoms with Crippen LogP contribution in [-0.2, 0) is 11.2 Å². The van der Waals surface area contributed by atoms with Gasteiger partial charge in [-0.1, -0.05) is 0 Å². The highest BCUT2D eigenvalue weighted by Crippen LogP contribution is 2.07. The Labute approximate surface area is 98.7 Å². The highest BCUT2D eigenvalue weighted by Gasteiger charge is 2.27. The molecule has 1 aliphatic rings. The van der Waals surface area contributed by atoms with Gasteiger partial charge >= 0.3 is 0 Å². The molecule has 1 aromatic heterocycles. The van der Waals surface area contributed by atoms with Gasteiger partial charge in [0.1, 0.15) is 0 Å². The van der Waals surface area contributed by atoms with Gasteiger partial charge in [-0.2, -0.15) is 11.3 Å². The van der Waals surface area contributed by atoms with Crippen molar-refractivity contribution in [3.8, 4) is 0 Å². The van der Waals surface area contributed by atoms with Crippen LogP contribution in [0, 0.1) is 0 Å². The van der Waals surface area contributed by atoms with Crippen molar-refractivity contribution in [2.45, 2.75) is 25.0 Å². The summed E-state index contributed by atoms with van der Waals surface area (Å²) in [7, 11) is 0. The quantitative estimate of drug-likeness (QED) is 0.701. The number of amides is 1. The molecule has 1 aliphatic heterocycles. The fraction of sp³-hybridized carbons (Fsp3) is 0.545. The molecule has 1 saturated heterocycles. The molecule has 2 atom stereocenters. The molecular weight excluding hydrogens is 224 g/mol. The molecule has 0 saturated carbocycles. The molecule has 2 rings (SSSR count). The summed E-state index contributed by atoms with van der Waals surface area (Å²) in [4.78, 5) is 11.6. The van der Waals surface area contributed by atoms with E-state index >= 15 is 0 Å². The molecule has 0 radical (unpaired) electrons. The third-order valence-corrected chi connectivity index (χ3v) is 3.45. The summed E-state index contributed by atoms with van der Waals surface area (Å²) in [6, 6.07) is 1.84. The van der Waals surface area contributed by atoms with E-state index in [1.54, 1.807) is 11.3 Å². The summed E-state index contributed by atoms with van der Waals surface area (Å²) < 4.78 is 0. The van der Waals surface area contributed by atoms with Crippen LogP contribution < -0.4 is 10.6 Å². The number of carbonyl (C=O) groups is 1. The number of carbonyl (C=O) groups excluding carboxylic acids is 1. The Morgan fingerprint density at radius 3 is 3.19 bits per heavy atom. The molecular formula is C11H16N2O2S. The summed E-state index contributed by atoms with van der Waals surface area (Å²) >= 11 is 1.67. The minimum Gasteiger partial charge on any atom is -0.392 e. The molecule has 1 aromatic rings. The minimum absolute atomic E-state index is 0.00761. The van der Waals surface area contributed by atoms with E-state index in [0.29, 0.717) is 19.5 Å². The number of aliphatic hydroxyl groups excluding tert-OH is 1. The van der Waals surface area contributed by atoms with Crippen molar-refractivity contribution in [1.29, 1.82) is 0 Å². The molecule has 3 N–H and O–H groups in total. The molecule has 2 unspecified atom stereocenters. The van der Waals surface area contributed by atoms with Crippen LogP contribution in [-0.4, -0.2) is 36.2 Å². The highest BCUT2D eigenvalue weighted by molar-refractivity contribution is 7.07. The Kier molecular flexibility index (Phi) is 3.93. The Morgan fingerprint density at radius 1 is 1.69 bits per heavy atom. The van der Waals surface area contributed by atoms with Gasteiger partial charge in [-0.25, -0.2) is 0 Å². The number of rotatable bonds is 4. The maximum Gasteiger partial charge on any atom is 0.237 e. The lowest BCUT2D eigenvalue weighted by molar-refractivity contribution is -0.122. The summed E-state index contributed by atoms with van der Waals surface area (Å²) in [5, 5.41) is 19.3. The predicted octanol–water partition coefficient (Wildman–Crippen LogP) is 0.130. The van der Waals surface area contributed by atoms with Crippen molar-refractivity contribution >= 4 is 17.2 Å². The first-order valence-corrected chi connectivity index (χ1v) is 6.40. The van der Waals surface area contributed by atoms with Crippen LogP contribution in [0.3, 0.4) is 0 Å². The number of hydrogen-bond acceptors (Lipinski definition) is 4. The fourth-order valence-corrected chi connectivity index (χ4v) is 2.51. The lowest BCUT2D eigenvalue weighted by Gasteiger charge is -2.10. The maximum absolute atomic E-state index is 11.6. The average Bonchev–Trinajstić information content (AvgIpc) is 2.89. The molecule has 0 aromatic carbocycles. The molecule has 88 valence electrons. The van der Waals surface area contributed by atoms with Gasteiger partial charge in [0.15, 0.2) is 0 Å². The van der Waals surface area contributed by atoms with Gasteiger partial charge in [0.2, 0.25) is 5.91 Å². The smallest absolute Gasteiger partial charge is 0.237 e. The molecule has 2 heterocycles. The lowest BCUT2D eigenvalue weighted by Crippen LogP contribution is -2.41. The Bertz CT molecular complexity index is 340. The van der Waals surface area contributed by atoms with Gasteiger partial charge in [-0.3, -0.25) is 4.79 Å². The summed E-state index contributed by atoms with van der Waals surface area (Å²) in [5.74, 6) is -0.00761. The second-order valence-corrected chi connectivity index (χ2v) is 4.80. The van der Waals surface area contributed by atoms with Gasteiger partial charge in [0.25, 0.3) is 0 Å². The van der Waals surface area contributed by atoms with Crippen LogP contribution in [0.5, 0.6) is 0 Å². The maximum atomic E-state index is 11.6. The number of nitrogens with one attached hydrogen (secondary N) is 2. The molecule has 5 heteroatoms. The van der Waals surface area contributed by atoms with Crippen LogP contribution in [0.25, 0.3) is 0 Å². The first-order chi connectivity index (χ1) is 7.75. The zero-order chi connectivity index (χ0) is 11.4. The van der Waals surface area contributed by atoms with Crippen molar-refractivity contribution in [3.05, 3.63) is 22.4 Å². The first-order valence-electron chi connectivity index (χ1n) is 5.46. The van der Waals surface area contributed by atoms with Gasteiger partial charge in [-0.05, 0) is 35.2 Å². The minimum atomic E-state index is -0.382. The van der Waals surface area contributed by atoms with E-state index in [-0.39, 0.29) is 18.1 Å². The first kappa shape index (κ1) is 11.6.